The summed E-state index contributed by atoms with van der Waals surface area (Å²) in [5.41, 5.74) is 8.81. The van der Waals surface area contributed by atoms with Crippen LogP contribution in [0.15, 0.2) is 200 Å². The van der Waals surface area contributed by atoms with Crippen LogP contribution >= 0.6 is 0 Å². The van der Waals surface area contributed by atoms with Crippen LogP contribution < -0.4 is 10.4 Å². The fourth-order valence-electron chi connectivity index (χ4n) is 11.2. The van der Waals surface area contributed by atoms with Crippen molar-refractivity contribution < 1.29 is 0 Å². The average molecular weight is 752 g/mol. The van der Waals surface area contributed by atoms with Gasteiger partial charge in [0, 0.05) is 49.0 Å². The lowest BCUT2D eigenvalue weighted by Gasteiger charge is -2.37. The van der Waals surface area contributed by atoms with E-state index in [1.165, 1.54) is 114 Å². The van der Waals surface area contributed by atoms with Gasteiger partial charge in [0.2, 0.25) is 0 Å². The molecule has 0 radical (unpaired) electrons. The molecular weight excluding hydrogens is 719 g/mol. The smallest absolute Gasteiger partial charge is 0.340 e. The fourth-order valence-corrected chi connectivity index (χ4v) is 16.3. The van der Waals surface area contributed by atoms with Crippen molar-refractivity contribution in [2.24, 2.45) is 0 Å². The predicted octanol–water partition coefficient (Wildman–Crippen LogP) is 12.4. The van der Waals surface area contributed by atoms with Crippen molar-refractivity contribution in [3.05, 3.63) is 200 Å². The Morgan fingerprint density at radius 1 is 0.276 bits per heavy atom. The van der Waals surface area contributed by atoms with Gasteiger partial charge >= 0.3 is 8.40 Å². The van der Waals surface area contributed by atoms with Crippen molar-refractivity contribution >= 4 is 117 Å². The maximum absolute atomic E-state index is 3.19. The third-order valence-corrected chi connectivity index (χ3v) is 17.8. The first-order valence-corrected chi connectivity index (χ1v) is 22.1. The first kappa shape index (κ1) is 30.8. The zero-order chi connectivity index (χ0) is 37.7. The summed E-state index contributed by atoms with van der Waals surface area (Å²) in [7, 11) is -3.19. The topological polar surface area (TPSA) is 14.8 Å². The van der Waals surface area contributed by atoms with Crippen LogP contribution in [0.25, 0.3) is 103 Å². The van der Waals surface area contributed by atoms with Gasteiger partial charge in [-0.15, -0.1) is 0 Å². The fraction of sp³-hybridized carbons (Fsp3) is 0. The van der Waals surface area contributed by atoms with E-state index >= 15 is 0 Å². The molecule has 1 aliphatic rings. The highest BCUT2D eigenvalue weighted by Gasteiger charge is 2.49. The van der Waals surface area contributed by atoms with Crippen LogP contribution in [-0.2, 0) is 0 Å². The molecule has 0 spiro atoms. The normalized spacial score (nSPS) is 13.7. The molecule has 0 atom stereocenters. The molecule has 4 heteroatoms. The molecule has 0 bridgehead atoms. The van der Waals surface area contributed by atoms with Crippen LogP contribution in [0.3, 0.4) is 0 Å². The lowest BCUT2D eigenvalue weighted by Crippen LogP contribution is -2.69. The van der Waals surface area contributed by atoms with Gasteiger partial charge in [-0.25, -0.2) is 0 Å². The summed E-state index contributed by atoms with van der Waals surface area (Å²) in [6.45, 7) is 0. The summed E-state index contributed by atoms with van der Waals surface area (Å²) >= 11 is 0. The largest absolute Gasteiger partial charge is 0.341 e. The molecule has 0 N–H and O–H groups in total. The molecule has 0 amide bonds. The van der Waals surface area contributed by atoms with Gasteiger partial charge < -0.3 is 13.0 Å². The van der Waals surface area contributed by atoms with E-state index < -0.39 is 8.40 Å². The van der Waals surface area contributed by atoms with E-state index in [2.05, 4.69) is 213 Å². The second-order valence-corrected chi connectivity index (χ2v) is 19.4. The van der Waals surface area contributed by atoms with Gasteiger partial charge in [-0.1, -0.05) is 164 Å². The van der Waals surface area contributed by atoms with Crippen molar-refractivity contribution in [2.45, 2.75) is 0 Å². The Hall–Kier alpha value is -7.40. The van der Waals surface area contributed by atoms with Gasteiger partial charge in [0.25, 0.3) is 0 Å². The van der Waals surface area contributed by atoms with Crippen LogP contribution in [0.2, 0.25) is 0 Å². The monoisotopic (exact) mass is 751 g/mol. The van der Waals surface area contributed by atoms with Crippen molar-refractivity contribution in [3.8, 4) is 5.69 Å². The third kappa shape index (κ3) is 3.57. The molecule has 4 heterocycles. The summed E-state index contributed by atoms with van der Waals surface area (Å²) in [4.78, 5) is 0. The summed E-state index contributed by atoms with van der Waals surface area (Å²) < 4.78 is 8.22. The maximum Gasteiger partial charge on any atom is 0.340 e. The van der Waals surface area contributed by atoms with Gasteiger partial charge in [0.05, 0.1) is 22.1 Å². The highest BCUT2D eigenvalue weighted by molar-refractivity contribution is 7.02. The Morgan fingerprint density at radius 2 is 0.655 bits per heavy atom. The number of benzene rings is 10. The second-order valence-electron chi connectivity index (χ2n) is 16.0. The Balaban J connectivity index is 1.25. The van der Waals surface area contributed by atoms with E-state index in [0.29, 0.717) is 0 Å². The number of nitrogens with zero attached hydrogens (tertiary/aromatic N) is 3. The van der Waals surface area contributed by atoms with Gasteiger partial charge in [-0.2, -0.15) is 0 Å². The van der Waals surface area contributed by atoms with Crippen molar-refractivity contribution in [1.29, 1.82) is 0 Å². The molecule has 0 fully saturated rings. The van der Waals surface area contributed by atoms with Crippen LogP contribution in [0.1, 0.15) is 0 Å². The molecule has 0 saturated carbocycles. The summed E-state index contributed by atoms with van der Waals surface area (Å²) in [5.74, 6) is 0. The predicted molar refractivity (Wildman–Crippen MR) is 248 cm³/mol. The molecule has 10 aromatic carbocycles. The third-order valence-electron chi connectivity index (χ3n) is 13.3. The second kappa shape index (κ2) is 10.9. The van der Waals surface area contributed by atoms with E-state index in [9.17, 15) is 0 Å². The quantitative estimate of drug-likeness (QED) is 0.126. The highest BCUT2D eigenvalue weighted by atomic mass is 28.3. The first-order chi connectivity index (χ1) is 28.8. The Bertz CT molecular complexity index is 3690. The molecule has 58 heavy (non-hydrogen) atoms. The molecular formula is C54H33N3Si. The number of aromatic nitrogens is 3. The molecule has 1 aliphatic heterocycles. The van der Waals surface area contributed by atoms with Crippen molar-refractivity contribution in [1.82, 2.24) is 13.0 Å². The minimum absolute atomic E-state index is 1.17. The zero-order valence-electron chi connectivity index (χ0n) is 31.4. The Labute approximate surface area is 334 Å². The summed E-state index contributed by atoms with van der Waals surface area (Å²) in [5, 5.41) is 18.3. The van der Waals surface area contributed by atoms with Crippen LogP contribution in [0.4, 0.5) is 0 Å². The lowest BCUT2D eigenvalue weighted by molar-refractivity contribution is 1.16. The Kier molecular flexibility index (Phi) is 5.79. The van der Waals surface area contributed by atoms with Crippen LogP contribution in [-0.4, -0.2) is 21.4 Å². The molecule has 3 aromatic heterocycles. The zero-order valence-corrected chi connectivity index (χ0v) is 32.4. The van der Waals surface area contributed by atoms with E-state index in [0.717, 1.165) is 0 Å². The number of para-hydroxylation sites is 2. The number of rotatable bonds is 3. The van der Waals surface area contributed by atoms with Gasteiger partial charge in [0.15, 0.2) is 0 Å². The summed E-state index contributed by atoms with van der Waals surface area (Å²) in [6.07, 6.45) is 0. The number of hydrogen-bond donors (Lipinski definition) is 0. The van der Waals surface area contributed by atoms with E-state index in [1.54, 1.807) is 0 Å². The highest BCUT2D eigenvalue weighted by Crippen LogP contribution is 2.49. The van der Waals surface area contributed by atoms with Crippen LogP contribution in [0, 0.1) is 0 Å². The van der Waals surface area contributed by atoms with Crippen molar-refractivity contribution in [3.63, 3.8) is 0 Å². The van der Waals surface area contributed by atoms with Gasteiger partial charge in [-0.05, 0) is 79.1 Å². The van der Waals surface area contributed by atoms with E-state index in [4.69, 9.17) is 0 Å². The van der Waals surface area contributed by atoms with Crippen molar-refractivity contribution in [2.75, 3.05) is 0 Å². The maximum atomic E-state index is 2.83. The molecule has 0 saturated heterocycles. The average Bonchev–Trinajstić information content (AvgIpc) is 3.91. The Morgan fingerprint density at radius 3 is 1.14 bits per heavy atom. The SMILES string of the molecule is c1ccc([Si]2(c3ccccc3)n3c4ccccc4c4ccc5c(c6c(ccc7c8ccccc8n2c76)n5-c2ccc5c6ccccc6c6ccccc6c5c2)c43)cc1. The minimum Gasteiger partial charge on any atom is -0.341 e. The molecule has 268 valence electrons. The molecule has 0 aliphatic carbocycles. The minimum atomic E-state index is -3.19. The first-order valence-electron chi connectivity index (χ1n) is 20.2. The van der Waals surface area contributed by atoms with E-state index in [-0.39, 0.29) is 0 Å². The summed E-state index contributed by atoms with van der Waals surface area (Å²) in [6, 6.07) is 75.6. The molecule has 14 rings (SSSR count). The molecule has 3 nitrogen and oxygen atoms in total. The van der Waals surface area contributed by atoms with Gasteiger partial charge in [0.1, 0.15) is 0 Å². The van der Waals surface area contributed by atoms with Gasteiger partial charge in [-0.3, -0.25) is 0 Å². The molecule has 0 unspecified atom stereocenters. The lowest BCUT2D eigenvalue weighted by atomic mass is 9.94. The number of fused-ring (bicyclic) bond motifs is 12. The van der Waals surface area contributed by atoms with E-state index in [1.807, 2.05) is 0 Å². The standard InChI is InChI=1S/C54H33N3Si/c1-3-15-35(16-4-1)58(36-17-5-2-6-18-36)56-47-25-13-11-23-42(47)44-29-31-49-51(53(44)56)52-50(32-30-45-43-24-12-14-26-48(43)57(58)54(45)52)55(49)34-27-28-41-39-21-8-7-19-37(39)38-20-9-10-22-40(38)46(41)33-34/h1-33H. The number of hydrogen-bond acceptors (Lipinski definition) is 0. The van der Waals surface area contributed by atoms with Crippen LogP contribution in [0.5, 0.6) is 0 Å². The molecule has 13 aromatic rings.